The van der Waals surface area contributed by atoms with Crippen LogP contribution >= 0.6 is 0 Å². The largest absolute Gasteiger partial charge is 0.378 e. The number of sulfone groups is 1. The Hall–Kier alpha value is -1.07. The van der Waals surface area contributed by atoms with Crippen LogP contribution in [0, 0.1) is 0 Å². The van der Waals surface area contributed by atoms with Crippen molar-refractivity contribution in [1.82, 2.24) is 5.32 Å². The molecule has 0 saturated heterocycles. The van der Waals surface area contributed by atoms with E-state index in [-0.39, 0.29) is 11.3 Å². The summed E-state index contributed by atoms with van der Waals surface area (Å²) in [5.41, 5.74) is 2.36. The van der Waals surface area contributed by atoms with Crippen LogP contribution in [0.2, 0.25) is 0 Å². The number of hydrogen-bond donors (Lipinski definition) is 1. The highest BCUT2D eigenvalue weighted by molar-refractivity contribution is 7.91. The van der Waals surface area contributed by atoms with Gasteiger partial charge in [0.1, 0.15) is 0 Å². The first kappa shape index (κ1) is 15.3. The van der Waals surface area contributed by atoms with Gasteiger partial charge in [-0.05, 0) is 30.5 Å². The summed E-state index contributed by atoms with van der Waals surface area (Å²) >= 11 is 0. The zero-order valence-electron chi connectivity index (χ0n) is 12.5. The minimum Gasteiger partial charge on any atom is -0.378 e. The Labute approximate surface area is 122 Å². The number of nitrogens with one attached hydrogen (secondary N) is 1. The molecule has 1 aliphatic carbocycles. The minimum atomic E-state index is -2.94. The fourth-order valence-corrected chi connectivity index (χ4v) is 4.26. The van der Waals surface area contributed by atoms with Crippen LogP contribution in [0.4, 0.5) is 5.69 Å². The van der Waals surface area contributed by atoms with Gasteiger partial charge < -0.3 is 10.2 Å². The lowest BCUT2D eigenvalue weighted by molar-refractivity contribution is 0.507. The first-order valence-electron chi connectivity index (χ1n) is 7.06. The van der Waals surface area contributed by atoms with Crippen molar-refractivity contribution in [3.8, 4) is 0 Å². The van der Waals surface area contributed by atoms with Gasteiger partial charge in [0.25, 0.3) is 0 Å². The molecule has 0 bridgehead atoms. The Morgan fingerprint density at radius 2 is 1.85 bits per heavy atom. The number of anilines is 1. The van der Waals surface area contributed by atoms with Crippen molar-refractivity contribution in [2.75, 3.05) is 25.3 Å². The van der Waals surface area contributed by atoms with E-state index in [1.54, 1.807) is 0 Å². The van der Waals surface area contributed by atoms with Gasteiger partial charge in [0, 0.05) is 38.6 Å². The van der Waals surface area contributed by atoms with Crippen LogP contribution in [0.3, 0.4) is 0 Å². The average molecular weight is 296 g/mol. The van der Waals surface area contributed by atoms with Crippen LogP contribution < -0.4 is 10.2 Å². The van der Waals surface area contributed by atoms with E-state index in [1.807, 2.05) is 14.1 Å². The predicted molar refractivity (Wildman–Crippen MR) is 83.9 cm³/mol. The van der Waals surface area contributed by atoms with Gasteiger partial charge in [-0.1, -0.05) is 18.6 Å². The Morgan fingerprint density at radius 1 is 1.20 bits per heavy atom. The third-order valence-corrected chi connectivity index (χ3v) is 5.69. The Bertz CT molecular complexity index is 537. The lowest BCUT2D eigenvalue weighted by Gasteiger charge is -2.20. The van der Waals surface area contributed by atoms with Gasteiger partial charge in [-0.25, -0.2) is 8.42 Å². The van der Waals surface area contributed by atoms with E-state index in [1.165, 1.54) is 17.5 Å². The SMILES string of the molecule is CN(C)c1ccc(CNC2CCCC2S(C)(=O)=O)cc1. The molecule has 1 N–H and O–H groups in total. The average Bonchev–Trinajstić information content (AvgIpc) is 2.85. The molecule has 2 atom stereocenters. The summed E-state index contributed by atoms with van der Waals surface area (Å²) in [5.74, 6) is 0. The standard InChI is InChI=1S/C15H24N2O2S/c1-17(2)13-9-7-12(8-10-13)11-16-14-5-4-6-15(14)20(3,18)19/h7-10,14-16H,4-6,11H2,1-3H3. The lowest BCUT2D eigenvalue weighted by Crippen LogP contribution is -2.39. The molecule has 0 radical (unpaired) electrons. The van der Waals surface area contributed by atoms with Gasteiger partial charge in [0.15, 0.2) is 9.84 Å². The van der Waals surface area contributed by atoms with Gasteiger partial charge in [0.2, 0.25) is 0 Å². The molecule has 1 aromatic carbocycles. The number of rotatable bonds is 5. The number of benzene rings is 1. The molecule has 2 unspecified atom stereocenters. The summed E-state index contributed by atoms with van der Waals surface area (Å²) in [4.78, 5) is 2.06. The van der Waals surface area contributed by atoms with E-state index in [0.717, 1.165) is 25.8 Å². The van der Waals surface area contributed by atoms with Crippen LogP contribution in [0.15, 0.2) is 24.3 Å². The molecular formula is C15H24N2O2S. The Kier molecular flexibility index (Phi) is 4.70. The smallest absolute Gasteiger partial charge is 0.151 e. The maximum atomic E-state index is 11.7. The normalized spacial score (nSPS) is 22.9. The summed E-state index contributed by atoms with van der Waals surface area (Å²) in [7, 11) is 1.09. The molecule has 0 aromatic heterocycles. The van der Waals surface area contributed by atoms with E-state index >= 15 is 0 Å². The summed E-state index contributed by atoms with van der Waals surface area (Å²) in [5, 5.41) is 3.19. The van der Waals surface area contributed by atoms with Crippen molar-refractivity contribution >= 4 is 15.5 Å². The highest BCUT2D eigenvalue weighted by Gasteiger charge is 2.34. The molecule has 0 aliphatic heterocycles. The summed E-state index contributed by atoms with van der Waals surface area (Å²) in [6.07, 6.45) is 4.09. The minimum absolute atomic E-state index is 0.0959. The van der Waals surface area contributed by atoms with Gasteiger partial charge in [-0.2, -0.15) is 0 Å². The topological polar surface area (TPSA) is 49.4 Å². The zero-order valence-corrected chi connectivity index (χ0v) is 13.3. The van der Waals surface area contributed by atoms with Crippen LogP contribution in [-0.2, 0) is 16.4 Å². The van der Waals surface area contributed by atoms with Crippen molar-refractivity contribution in [3.05, 3.63) is 29.8 Å². The van der Waals surface area contributed by atoms with E-state index in [4.69, 9.17) is 0 Å². The quantitative estimate of drug-likeness (QED) is 0.900. The molecule has 0 heterocycles. The maximum absolute atomic E-state index is 11.7. The van der Waals surface area contributed by atoms with Crippen LogP contribution in [0.5, 0.6) is 0 Å². The van der Waals surface area contributed by atoms with E-state index in [9.17, 15) is 8.42 Å². The highest BCUT2D eigenvalue weighted by Crippen LogP contribution is 2.25. The fraction of sp³-hybridized carbons (Fsp3) is 0.600. The predicted octanol–water partition coefficient (Wildman–Crippen LogP) is 1.81. The van der Waals surface area contributed by atoms with Crippen molar-refractivity contribution in [2.45, 2.75) is 37.1 Å². The summed E-state index contributed by atoms with van der Waals surface area (Å²) in [6, 6.07) is 8.44. The van der Waals surface area contributed by atoms with Crippen molar-refractivity contribution in [1.29, 1.82) is 0 Å². The second-order valence-electron chi connectivity index (χ2n) is 5.85. The van der Waals surface area contributed by atoms with Crippen LogP contribution in [0.1, 0.15) is 24.8 Å². The van der Waals surface area contributed by atoms with Crippen molar-refractivity contribution < 1.29 is 8.42 Å². The zero-order chi connectivity index (χ0) is 14.8. The van der Waals surface area contributed by atoms with Gasteiger partial charge in [-0.3, -0.25) is 0 Å². The van der Waals surface area contributed by atoms with Crippen LogP contribution in [-0.4, -0.2) is 40.1 Å². The summed E-state index contributed by atoms with van der Waals surface area (Å²) < 4.78 is 23.5. The van der Waals surface area contributed by atoms with Crippen molar-refractivity contribution in [2.24, 2.45) is 0 Å². The monoisotopic (exact) mass is 296 g/mol. The molecule has 112 valence electrons. The first-order chi connectivity index (χ1) is 9.38. The number of hydrogen-bond acceptors (Lipinski definition) is 4. The van der Waals surface area contributed by atoms with E-state index < -0.39 is 9.84 Å². The second-order valence-corrected chi connectivity index (χ2v) is 8.11. The molecule has 1 fully saturated rings. The molecular weight excluding hydrogens is 272 g/mol. The third kappa shape index (κ3) is 3.73. The summed E-state index contributed by atoms with van der Waals surface area (Å²) in [6.45, 7) is 0.727. The molecule has 1 saturated carbocycles. The maximum Gasteiger partial charge on any atom is 0.151 e. The molecule has 20 heavy (non-hydrogen) atoms. The van der Waals surface area contributed by atoms with Crippen LogP contribution in [0.25, 0.3) is 0 Å². The van der Waals surface area contributed by atoms with Gasteiger partial charge >= 0.3 is 0 Å². The molecule has 5 heteroatoms. The first-order valence-corrected chi connectivity index (χ1v) is 9.02. The van der Waals surface area contributed by atoms with Gasteiger partial charge in [-0.15, -0.1) is 0 Å². The van der Waals surface area contributed by atoms with E-state index in [0.29, 0.717) is 0 Å². The Balaban J connectivity index is 1.95. The number of nitrogens with zero attached hydrogens (tertiary/aromatic N) is 1. The molecule has 0 spiro atoms. The molecule has 2 rings (SSSR count). The molecule has 4 nitrogen and oxygen atoms in total. The lowest BCUT2D eigenvalue weighted by atomic mass is 10.1. The highest BCUT2D eigenvalue weighted by atomic mass is 32.2. The fourth-order valence-electron chi connectivity index (χ4n) is 2.83. The van der Waals surface area contributed by atoms with Gasteiger partial charge in [0.05, 0.1) is 5.25 Å². The molecule has 0 amide bonds. The van der Waals surface area contributed by atoms with Crippen molar-refractivity contribution in [3.63, 3.8) is 0 Å². The molecule has 1 aliphatic rings. The Morgan fingerprint density at radius 3 is 2.40 bits per heavy atom. The second kappa shape index (κ2) is 6.14. The van der Waals surface area contributed by atoms with E-state index in [2.05, 4.69) is 34.5 Å². The molecule has 1 aromatic rings. The third-order valence-electron chi connectivity index (χ3n) is 4.02.